The Morgan fingerprint density at radius 1 is 1.35 bits per heavy atom. The van der Waals surface area contributed by atoms with E-state index in [0.29, 0.717) is 0 Å². The van der Waals surface area contributed by atoms with Crippen LogP contribution in [0.3, 0.4) is 0 Å². The molecule has 0 fully saturated rings. The number of aliphatic carboxylic acids is 1. The lowest BCUT2D eigenvalue weighted by atomic mass is 10.1. The maximum absolute atomic E-state index is 13.7. The normalized spacial score (nSPS) is 11.8. The lowest BCUT2D eigenvalue weighted by Crippen LogP contribution is -2.34. The Balaban J connectivity index is 2.13. The van der Waals surface area contributed by atoms with Crippen LogP contribution in [0.4, 0.5) is 4.39 Å². The lowest BCUT2D eigenvalue weighted by Gasteiger charge is -2.15. The Kier molecular flexibility index (Phi) is 5.33. The summed E-state index contributed by atoms with van der Waals surface area (Å²) in [6.07, 6.45) is 0.0842. The molecule has 0 bridgehead atoms. The van der Waals surface area contributed by atoms with Gasteiger partial charge in [-0.25, -0.2) is 9.18 Å². The van der Waals surface area contributed by atoms with Crippen molar-refractivity contribution in [3.8, 4) is 5.75 Å². The average molecular weight is 337 g/mol. The van der Waals surface area contributed by atoms with Gasteiger partial charge >= 0.3 is 5.97 Å². The molecule has 5 nitrogen and oxygen atoms in total. The number of carboxylic acid groups (broad SMARTS) is 1. The van der Waals surface area contributed by atoms with E-state index in [1.807, 2.05) is 19.1 Å². The summed E-state index contributed by atoms with van der Waals surface area (Å²) in [6.45, 7) is 1.92. The molecule has 1 atom stereocenters. The van der Waals surface area contributed by atoms with Crippen molar-refractivity contribution < 1.29 is 23.8 Å². The van der Waals surface area contributed by atoms with Gasteiger partial charge in [0.05, 0.1) is 13.5 Å². The second kappa shape index (κ2) is 7.23. The van der Waals surface area contributed by atoms with E-state index in [4.69, 9.17) is 4.74 Å². The zero-order valence-electron chi connectivity index (χ0n) is 12.6. The van der Waals surface area contributed by atoms with Crippen LogP contribution >= 0.6 is 11.3 Å². The molecular weight excluding hydrogens is 321 g/mol. The van der Waals surface area contributed by atoms with Crippen molar-refractivity contribution in [2.75, 3.05) is 7.11 Å². The minimum atomic E-state index is -1.32. The fourth-order valence-corrected chi connectivity index (χ4v) is 2.99. The van der Waals surface area contributed by atoms with Crippen molar-refractivity contribution in [2.24, 2.45) is 0 Å². The van der Waals surface area contributed by atoms with Crippen LogP contribution < -0.4 is 10.1 Å². The Morgan fingerprint density at radius 3 is 2.61 bits per heavy atom. The summed E-state index contributed by atoms with van der Waals surface area (Å²) in [7, 11) is 1.32. The van der Waals surface area contributed by atoms with E-state index in [0.717, 1.165) is 15.8 Å². The van der Waals surface area contributed by atoms with Crippen LogP contribution in [-0.4, -0.2) is 24.1 Å². The Morgan fingerprint density at radius 2 is 2.09 bits per heavy atom. The molecule has 1 aromatic carbocycles. The molecule has 0 aliphatic rings. The van der Waals surface area contributed by atoms with Gasteiger partial charge in [-0.3, -0.25) is 4.79 Å². The van der Waals surface area contributed by atoms with Crippen LogP contribution in [0.2, 0.25) is 0 Å². The number of hydrogen-bond donors (Lipinski definition) is 2. The molecule has 122 valence electrons. The maximum Gasteiger partial charge on any atom is 0.330 e. The third-order valence-electron chi connectivity index (χ3n) is 3.19. The smallest absolute Gasteiger partial charge is 0.330 e. The number of ether oxygens (including phenoxy) is 1. The highest BCUT2D eigenvalue weighted by Gasteiger charge is 2.23. The van der Waals surface area contributed by atoms with Crippen LogP contribution in [0.15, 0.2) is 30.3 Å². The molecule has 2 rings (SSSR count). The molecule has 0 aliphatic heterocycles. The van der Waals surface area contributed by atoms with Gasteiger partial charge in [0.25, 0.3) is 0 Å². The number of aryl methyl sites for hydroxylation is 1. The standard InChI is InChI=1S/C16H16FNO4S/c1-9-3-5-11(23-9)8-14(19)18-15(16(20)21)10-4-6-13(22-2)12(17)7-10/h3-7,15H,8H2,1-2H3,(H,18,19)(H,20,21). The molecule has 1 unspecified atom stereocenters. The number of nitrogens with one attached hydrogen (secondary N) is 1. The molecule has 2 N–H and O–H groups in total. The number of carboxylic acids is 1. The quantitative estimate of drug-likeness (QED) is 0.850. The average Bonchev–Trinajstić information content (AvgIpc) is 2.89. The maximum atomic E-state index is 13.7. The monoisotopic (exact) mass is 337 g/mol. The summed E-state index contributed by atoms with van der Waals surface area (Å²) in [6, 6.07) is 6.19. The van der Waals surface area contributed by atoms with Crippen molar-refractivity contribution >= 4 is 23.2 Å². The molecule has 0 spiro atoms. The summed E-state index contributed by atoms with van der Waals surface area (Å²) in [5.41, 5.74) is 0.145. The zero-order valence-corrected chi connectivity index (χ0v) is 13.4. The van der Waals surface area contributed by atoms with Gasteiger partial charge in [0.15, 0.2) is 17.6 Å². The molecular formula is C16H16FNO4S. The van der Waals surface area contributed by atoms with Crippen LogP contribution in [0.1, 0.15) is 21.4 Å². The van der Waals surface area contributed by atoms with Crippen molar-refractivity contribution in [1.29, 1.82) is 0 Å². The van der Waals surface area contributed by atoms with E-state index in [1.54, 1.807) is 0 Å². The van der Waals surface area contributed by atoms with Gasteiger partial charge in [0.1, 0.15) is 0 Å². The molecule has 2 aromatic rings. The number of carbonyl (C=O) groups excluding carboxylic acids is 1. The number of hydrogen-bond acceptors (Lipinski definition) is 4. The fraction of sp³-hybridized carbons (Fsp3) is 0.250. The summed E-state index contributed by atoms with van der Waals surface area (Å²) in [4.78, 5) is 25.3. The minimum absolute atomic E-state index is 0.0123. The van der Waals surface area contributed by atoms with Gasteiger partial charge in [-0.2, -0.15) is 0 Å². The molecule has 1 aromatic heterocycles. The van der Waals surface area contributed by atoms with Gasteiger partial charge in [-0.15, -0.1) is 11.3 Å². The number of thiophene rings is 1. The molecule has 0 saturated carbocycles. The summed E-state index contributed by atoms with van der Waals surface area (Å²) in [5.74, 6) is -2.36. The highest BCUT2D eigenvalue weighted by molar-refractivity contribution is 7.12. The van der Waals surface area contributed by atoms with E-state index >= 15 is 0 Å². The highest BCUT2D eigenvalue weighted by atomic mass is 32.1. The predicted octanol–water partition coefficient (Wildman–Crippen LogP) is 2.69. The van der Waals surface area contributed by atoms with Gasteiger partial charge < -0.3 is 15.2 Å². The molecule has 0 saturated heterocycles. The van der Waals surface area contributed by atoms with Crippen LogP contribution in [-0.2, 0) is 16.0 Å². The summed E-state index contributed by atoms with van der Waals surface area (Å²) in [5, 5.41) is 11.7. The first-order chi connectivity index (χ1) is 10.9. The largest absolute Gasteiger partial charge is 0.494 e. The molecule has 0 radical (unpaired) electrons. The second-order valence-corrected chi connectivity index (χ2v) is 6.29. The second-order valence-electron chi connectivity index (χ2n) is 4.92. The highest BCUT2D eigenvalue weighted by Crippen LogP contribution is 2.22. The van der Waals surface area contributed by atoms with Crippen molar-refractivity contribution in [3.63, 3.8) is 0 Å². The summed E-state index contributed by atoms with van der Waals surface area (Å²) >= 11 is 1.47. The van der Waals surface area contributed by atoms with Crippen molar-refractivity contribution in [3.05, 3.63) is 51.5 Å². The third-order valence-corrected chi connectivity index (χ3v) is 4.19. The number of rotatable bonds is 6. The molecule has 1 amide bonds. The molecule has 23 heavy (non-hydrogen) atoms. The van der Waals surface area contributed by atoms with Gasteiger partial charge in [-0.05, 0) is 36.8 Å². The van der Waals surface area contributed by atoms with E-state index in [2.05, 4.69) is 5.32 Å². The SMILES string of the molecule is COc1ccc(C(NC(=O)Cc2ccc(C)s2)C(=O)O)cc1F. The van der Waals surface area contributed by atoms with Crippen LogP contribution in [0.5, 0.6) is 5.75 Å². The molecule has 7 heteroatoms. The Labute approximate surface area is 136 Å². The summed E-state index contributed by atoms with van der Waals surface area (Å²) < 4.78 is 18.5. The first kappa shape index (κ1) is 17.0. The van der Waals surface area contributed by atoms with E-state index in [1.165, 1.54) is 30.6 Å². The van der Waals surface area contributed by atoms with E-state index in [9.17, 15) is 19.1 Å². The van der Waals surface area contributed by atoms with E-state index in [-0.39, 0.29) is 17.7 Å². The first-order valence-corrected chi connectivity index (χ1v) is 7.63. The fourth-order valence-electron chi connectivity index (χ4n) is 2.10. The minimum Gasteiger partial charge on any atom is -0.494 e. The molecule has 1 heterocycles. The Bertz CT molecular complexity index is 729. The zero-order chi connectivity index (χ0) is 17.0. The van der Waals surface area contributed by atoms with Crippen LogP contribution in [0.25, 0.3) is 0 Å². The van der Waals surface area contributed by atoms with Crippen molar-refractivity contribution in [1.82, 2.24) is 5.32 Å². The van der Waals surface area contributed by atoms with Crippen molar-refractivity contribution in [2.45, 2.75) is 19.4 Å². The number of carbonyl (C=O) groups is 2. The number of methoxy groups -OCH3 is 1. The van der Waals surface area contributed by atoms with Gasteiger partial charge in [-0.1, -0.05) is 6.07 Å². The number of halogens is 1. The van der Waals surface area contributed by atoms with Gasteiger partial charge in [0.2, 0.25) is 5.91 Å². The predicted molar refractivity (Wildman–Crippen MR) is 84.2 cm³/mol. The van der Waals surface area contributed by atoms with E-state index < -0.39 is 23.7 Å². The first-order valence-electron chi connectivity index (χ1n) is 6.81. The van der Waals surface area contributed by atoms with Gasteiger partial charge in [0, 0.05) is 9.75 Å². The topological polar surface area (TPSA) is 75.6 Å². The third kappa shape index (κ3) is 4.29. The number of amides is 1. The lowest BCUT2D eigenvalue weighted by molar-refractivity contribution is -0.141. The van der Waals surface area contributed by atoms with Crippen LogP contribution in [0, 0.1) is 12.7 Å². The number of benzene rings is 1. The Hall–Kier alpha value is -2.41. The molecule has 0 aliphatic carbocycles.